The van der Waals surface area contributed by atoms with Crippen LogP contribution in [0.2, 0.25) is 0 Å². The summed E-state index contributed by atoms with van der Waals surface area (Å²) < 4.78 is 0. The van der Waals surface area contributed by atoms with Gasteiger partial charge in [0.05, 0.1) is 0 Å². The fourth-order valence-corrected chi connectivity index (χ4v) is 1.44. The Morgan fingerprint density at radius 3 is 2.58 bits per heavy atom. The normalized spacial score (nSPS) is 11.6. The van der Waals surface area contributed by atoms with Crippen LogP contribution in [0.3, 0.4) is 0 Å². The van der Waals surface area contributed by atoms with E-state index >= 15 is 0 Å². The summed E-state index contributed by atoms with van der Waals surface area (Å²) in [5.74, 6) is -1.10. The zero-order valence-electron chi connectivity index (χ0n) is 10.7. The van der Waals surface area contributed by atoms with Crippen molar-refractivity contribution in [2.24, 2.45) is 0 Å². The number of carbonyl (C=O) groups is 2. The molecule has 0 aliphatic heterocycles. The van der Waals surface area contributed by atoms with Gasteiger partial charge in [-0.1, -0.05) is 43.7 Å². The first-order chi connectivity index (χ1) is 9.13. The van der Waals surface area contributed by atoms with E-state index in [1.807, 2.05) is 37.3 Å². The van der Waals surface area contributed by atoms with Gasteiger partial charge in [-0.3, -0.25) is 4.89 Å². The highest BCUT2D eigenvalue weighted by atomic mass is 17.2. The molecule has 6 nitrogen and oxygen atoms in total. The monoisotopic (exact) mass is 267 g/mol. The number of benzene rings is 1. The molecule has 1 aromatic rings. The largest absolute Gasteiger partial charge is 0.480 e. The smallest absolute Gasteiger partial charge is 0.439 e. The van der Waals surface area contributed by atoms with Crippen LogP contribution in [0.15, 0.2) is 30.3 Å². The van der Waals surface area contributed by atoms with E-state index in [2.05, 4.69) is 10.2 Å². The molecule has 1 rings (SSSR count). The van der Waals surface area contributed by atoms with E-state index in [0.717, 1.165) is 5.56 Å². The molecule has 0 unspecified atom stereocenters. The van der Waals surface area contributed by atoms with E-state index in [1.165, 1.54) is 0 Å². The van der Waals surface area contributed by atoms with Gasteiger partial charge in [-0.05, 0) is 12.0 Å². The highest BCUT2D eigenvalue weighted by molar-refractivity contribution is 5.79. The Morgan fingerprint density at radius 2 is 2.00 bits per heavy atom. The zero-order valence-corrected chi connectivity index (χ0v) is 10.7. The van der Waals surface area contributed by atoms with Crippen molar-refractivity contribution in [1.29, 1.82) is 0 Å². The SMILES string of the molecule is CCC[C@H](NC(=O)OOCc1ccccc1)C(=O)O. The van der Waals surface area contributed by atoms with Crippen LogP contribution >= 0.6 is 0 Å². The highest BCUT2D eigenvalue weighted by Crippen LogP contribution is 2.02. The van der Waals surface area contributed by atoms with Crippen LogP contribution in [-0.2, 0) is 21.2 Å². The first-order valence-electron chi connectivity index (χ1n) is 6.00. The summed E-state index contributed by atoms with van der Waals surface area (Å²) in [4.78, 5) is 31.3. The maximum absolute atomic E-state index is 11.3. The lowest BCUT2D eigenvalue weighted by Gasteiger charge is -2.12. The van der Waals surface area contributed by atoms with Gasteiger partial charge in [-0.2, -0.15) is 4.89 Å². The molecule has 1 amide bonds. The molecule has 0 heterocycles. The summed E-state index contributed by atoms with van der Waals surface area (Å²) in [7, 11) is 0. The second kappa shape index (κ2) is 8.10. The predicted molar refractivity (Wildman–Crippen MR) is 67.2 cm³/mol. The van der Waals surface area contributed by atoms with Crippen molar-refractivity contribution >= 4 is 12.1 Å². The molecule has 2 N–H and O–H groups in total. The Bertz CT molecular complexity index is 407. The minimum Gasteiger partial charge on any atom is -0.480 e. The molecule has 104 valence electrons. The van der Waals surface area contributed by atoms with E-state index in [4.69, 9.17) is 9.99 Å². The average molecular weight is 267 g/mol. The van der Waals surface area contributed by atoms with Crippen LogP contribution in [0, 0.1) is 0 Å². The Morgan fingerprint density at radius 1 is 1.32 bits per heavy atom. The maximum Gasteiger partial charge on any atom is 0.439 e. The van der Waals surface area contributed by atoms with Crippen LogP contribution < -0.4 is 5.32 Å². The third kappa shape index (κ3) is 5.87. The van der Waals surface area contributed by atoms with Crippen LogP contribution in [0.4, 0.5) is 4.79 Å². The third-order valence-electron chi connectivity index (χ3n) is 2.37. The zero-order chi connectivity index (χ0) is 14.1. The molecule has 0 spiro atoms. The molecule has 0 saturated carbocycles. The first kappa shape index (κ1) is 15.0. The number of rotatable bonds is 7. The van der Waals surface area contributed by atoms with Crippen molar-refractivity contribution in [2.45, 2.75) is 32.4 Å². The molecule has 0 aliphatic rings. The molecule has 0 fully saturated rings. The van der Waals surface area contributed by atoms with Gasteiger partial charge in [0.15, 0.2) is 0 Å². The van der Waals surface area contributed by atoms with Gasteiger partial charge in [0.1, 0.15) is 12.6 Å². The standard InChI is InChI=1S/C13H17NO5/c1-2-6-11(12(15)16)14-13(17)19-18-9-10-7-4-3-5-8-10/h3-5,7-8,11H,2,6,9H2,1H3,(H,14,17)(H,15,16)/t11-/m0/s1. The fourth-order valence-electron chi connectivity index (χ4n) is 1.44. The quantitative estimate of drug-likeness (QED) is 0.583. The Hall–Kier alpha value is -2.08. The molecule has 0 bridgehead atoms. The second-order valence-electron chi connectivity index (χ2n) is 3.94. The summed E-state index contributed by atoms with van der Waals surface area (Å²) in [5, 5.41) is 11.1. The number of aliphatic carboxylic acids is 1. The molecule has 6 heteroatoms. The van der Waals surface area contributed by atoms with Crippen molar-refractivity contribution in [1.82, 2.24) is 5.32 Å². The van der Waals surface area contributed by atoms with Gasteiger partial charge in [0, 0.05) is 0 Å². The minimum absolute atomic E-state index is 0.111. The average Bonchev–Trinajstić information content (AvgIpc) is 2.39. The van der Waals surface area contributed by atoms with E-state index < -0.39 is 18.1 Å². The van der Waals surface area contributed by atoms with Gasteiger partial charge < -0.3 is 10.4 Å². The predicted octanol–water partition coefficient (Wildman–Crippen LogP) is 2.10. The van der Waals surface area contributed by atoms with E-state index in [-0.39, 0.29) is 6.61 Å². The molecular weight excluding hydrogens is 250 g/mol. The molecule has 1 aromatic carbocycles. The molecule has 0 aliphatic carbocycles. The molecule has 0 aromatic heterocycles. The number of hydrogen-bond acceptors (Lipinski definition) is 4. The lowest BCUT2D eigenvalue weighted by Crippen LogP contribution is -2.40. The second-order valence-corrected chi connectivity index (χ2v) is 3.94. The molecule has 0 radical (unpaired) electrons. The number of carboxylic acid groups (broad SMARTS) is 1. The Kier molecular flexibility index (Phi) is 6.38. The van der Waals surface area contributed by atoms with E-state index in [0.29, 0.717) is 12.8 Å². The summed E-state index contributed by atoms with van der Waals surface area (Å²) in [6.07, 6.45) is 0.0717. The summed E-state index contributed by atoms with van der Waals surface area (Å²) in [5.41, 5.74) is 0.846. The fraction of sp³-hybridized carbons (Fsp3) is 0.385. The van der Waals surface area contributed by atoms with Gasteiger partial charge >= 0.3 is 12.1 Å². The van der Waals surface area contributed by atoms with Crippen molar-refractivity contribution in [3.63, 3.8) is 0 Å². The third-order valence-corrected chi connectivity index (χ3v) is 2.37. The molecule has 0 saturated heterocycles. The summed E-state index contributed by atoms with van der Waals surface area (Å²) in [6.45, 7) is 1.94. The van der Waals surface area contributed by atoms with Crippen molar-refractivity contribution < 1.29 is 24.5 Å². The Balaban J connectivity index is 2.29. The van der Waals surface area contributed by atoms with Gasteiger partial charge in [-0.15, -0.1) is 0 Å². The minimum atomic E-state index is -1.10. The van der Waals surface area contributed by atoms with Gasteiger partial charge in [0.2, 0.25) is 0 Å². The molecule has 19 heavy (non-hydrogen) atoms. The van der Waals surface area contributed by atoms with Crippen molar-refractivity contribution in [3.8, 4) is 0 Å². The van der Waals surface area contributed by atoms with Crippen LogP contribution in [0.25, 0.3) is 0 Å². The number of carboxylic acids is 1. The highest BCUT2D eigenvalue weighted by Gasteiger charge is 2.19. The Labute approximate surface area is 111 Å². The summed E-state index contributed by atoms with van der Waals surface area (Å²) in [6, 6.07) is 8.20. The van der Waals surface area contributed by atoms with Crippen LogP contribution in [0.5, 0.6) is 0 Å². The van der Waals surface area contributed by atoms with Crippen molar-refractivity contribution in [2.75, 3.05) is 0 Å². The van der Waals surface area contributed by atoms with Gasteiger partial charge in [0.25, 0.3) is 0 Å². The van der Waals surface area contributed by atoms with Crippen LogP contribution in [-0.4, -0.2) is 23.2 Å². The number of carbonyl (C=O) groups excluding carboxylic acids is 1. The van der Waals surface area contributed by atoms with Gasteiger partial charge in [-0.25, -0.2) is 9.59 Å². The number of amides is 1. The number of nitrogens with one attached hydrogen (secondary N) is 1. The molecule has 1 atom stereocenters. The lowest BCUT2D eigenvalue weighted by atomic mass is 10.2. The van der Waals surface area contributed by atoms with E-state index in [9.17, 15) is 9.59 Å². The van der Waals surface area contributed by atoms with Crippen molar-refractivity contribution in [3.05, 3.63) is 35.9 Å². The summed E-state index contributed by atoms with van der Waals surface area (Å²) >= 11 is 0. The maximum atomic E-state index is 11.3. The number of hydrogen-bond donors (Lipinski definition) is 2. The van der Waals surface area contributed by atoms with Crippen LogP contribution in [0.1, 0.15) is 25.3 Å². The first-order valence-corrected chi connectivity index (χ1v) is 6.00. The molecular formula is C13H17NO5. The lowest BCUT2D eigenvalue weighted by molar-refractivity contribution is -0.249. The topological polar surface area (TPSA) is 84.9 Å². The van der Waals surface area contributed by atoms with E-state index in [1.54, 1.807) is 0 Å².